The van der Waals surface area contributed by atoms with Crippen LogP contribution in [0.5, 0.6) is 0 Å². The van der Waals surface area contributed by atoms with E-state index in [1.165, 1.54) is 27.3 Å². The number of fused-ring (bicyclic) bond motifs is 3. The molecule has 0 saturated heterocycles. The molecule has 3 aromatic rings. The van der Waals surface area contributed by atoms with E-state index in [4.69, 9.17) is 0 Å². The van der Waals surface area contributed by atoms with E-state index in [1.54, 1.807) is 0 Å². The van der Waals surface area contributed by atoms with E-state index in [-0.39, 0.29) is 0 Å². The molecule has 0 spiro atoms. The second-order valence-corrected chi connectivity index (χ2v) is 4.25. The summed E-state index contributed by atoms with van der Waals surface area (Å²) in [7, 11) is 0. The van der Waals surface area contributed by atoms with Crippen molar-refractivity contribution in [1.29, 1.82) is 0 Å². The maximum Gasteiger partial charge on any atom is 0.0783 e. The number of aromatic nitrogens is 1. The fourth-order valence-corrected chi connectivity index (χ4v) is 2.17. The monoisotopic (exact) mass is 207 g/mol. The Hall–Kier alpha value is -1.89. The van der Waals surface area contributed by atoms with Gasteiger partial charge < -0.3 is 0 Å². The minimum absolute atomic E-state index is 1.11. The fourth-order valence-electron chi connectivity index (χ4n) is 2.17. The van der Waals surface area contributed by atoms with Gasteiger partial charge in [0.05, 0.1) is 5.52 Å². The second-order valence-electron chi connectivity index (χ2n) is 4.25. The zero-order valence-corrected chi connectivity index (χ0v) is 9.49. The third kappa shape index (κ3) is 1.21. The Bertz CT molecular complexity index is 683. The molecule has 0 N–H and O–H groups in total. The van der Waals surface area contributed by atoms with Gasteiger partial charge in [-0.2, -0.15) is 0 Å². The maximum atomic E-state index is 4.57. The van der Waals surface area contributed by atoms with Gasteiger partial charge in [0, 0.05) is 17.0 Å². The molecular formula is C15H13N. The van der Waals surface area contributed by atoms with Gasteiger partial charge in [-0.25, -0.2) is 0 Å². The lowest BCUT2D eigenvalue weighted by molar-refractivity contribution is 1.28. The van der Waals surface area contributed by atoms with Crippen molar-refractivity contribution in [2.75, 3.05) is 0 Å². The summed E-state index contributed by atoms with van der Waals surface area (Å²) in [5.41, 5.74) is 3.69. The fraction of sp³-hybridized carbons (Fsp3) is 0.133. The van der Waals surface area contributed by atoms with E-state index in [0.29, 0.717) is 0 Å². The Morgan fingerprint density at radius 3 is 2.56 bits per heavy atom. The van der Waals surface area contributed by atoms with E-state index in [9.17, 15) is 0 Å². The van der Waals surface area contributed by atoms with Gasteiger partial charge in [0.25, 0.3) is 0 Å². The second kappa shape index (κ2) is 3.31. The van der Waals surface area contributed by atoms with Crippen LogP contribution in [0.2, 0.25) is 0 Å². The quantitative estimate of drug-likeness (QED) is 0.508. The molecule has 1 aromatic heterocycles. The molecule has 0 aliphatic heterocycles. The normalized spacial score (nSPS) is 11.1. The highest BCUT2D eigenvalue weighted by Crippen LogP contribution is 2.26. The molecule has 0 fully saturated rings. The van der Waals surface area contributed by atoms with Crippen LogP contribution in [0.25, 0.3) is 21.7 Å². The first-order valence-electron chi connectivity index (χ1n) is 5.51. The zero-order valence-electron chi connectivity index (χ0n) is 9.49. The molecule has 1 heterocycles. The molecule has 0 atom stereocenters. The summed E-state index contributed by atoms with van der Waals surface area (Å²) in [6, 6.07) is 12.7. The summed E-state index contributed by atoms with van der Waals surface area (Å²) >= 11 is 0. The van der Waals surface area contributed by atoms with Crippen molar-refractivity contribution in [3.63, 3.8) is 0 Å². The highest BCUT2D eigenvalue weighted by atomic mass is 14.7. The van der Waals surface area contributed by atoms with Gasteiger partial charge in [0.1, 0.15) is 0 Å². The molecule has 2 aromatic carbocycles. The van der Waals surface area contributed by atoms with Crippen molar-refractivity contribution in [2.45, 2.75) is 13.8 Å². The van der Waals surface area contributed by atoms with E-state index in [2.05, 4.69) is 55.2 Å². The molecule has 0 aliphatic carbocycles. The molecule has 0 amide bonds. The summed E-state index contributed by atoms with van der Waals surface area (Å²) < 4.78 is 0. The van der Waals surface area contributed by atoms with Gasteiger partial charge in [-0.1, -0.05) is 36.4 Å². The molecule has 1 heteroatoms. The van der Waals surface area contributed by atoms with Crippen LogP contribution >= 0.6 is 0 Å². The predicted molar refractivity (Wildman–Crippen MR) is 68.7 cm³/mol. The van der Waals surface area contributed by atoms with E-state index >= 15 is 0 Å². The standard InChI is InChI=1S/C15H13N/c1-10-9-16-15-13(11(10)2)8-7-12-5-3-4-6-14(12)15/h3-9H,1-2H3. The number of pyridine rings is 1. The summed E-state index contributed by atoms with van der Waals surface area (Å²) in [5.74, 6) is 0. The van der Waals surface area contributed by atoms with Crippen LogP contribution in [0.3, 0.4) is 0 Å². The molecule has 3 rings (SSSR count). The van der Waals surface area contributed by atoms with Crippen LogP contribution in [-0.4, -0.2) is 4.98 Å². The van der Waals surface area contributed by atoms with Crippen LogP contribution in [0.15, 0.2) is 42.6 Å². The number of benzene rings is 2. The molecular weight excluding hydrogens is 194 g/mol. The largest absolute Gasteiger partial charge is 0.255 e. The van der Waals surface area contributed by atoms with Crippen LogP contribution in [0.4, 0.5) is 0 Å². The van der Waals surface area contributed by atoms with Crippen LogP contribution < -0.4 is 0 Å². The average Bonchev–Trinajstić information content (AvgIpc) is 2.33. The third-order valence-electron chi connectivity index (χ3n) is 3.28. The smallest absolute Gasteiger partial charge is 0.0783 e. The van der Waals surface area contributed by atoms with Crippen molar-refractivity contribution >= 4 is 21.7 Å². The van der Waals surface area contributed by atoms with Gasteiger partial charge in [-0.05, 0) is 30.4 Å². The zero-order chi connectivity index (χ0) is 11.1. The number of nitrogens with zero attached hydrogens (tertiary/aromatic N) is 1. The van der Waals surface area contributed by atoms with Gasteiger partial charge in [0.2, 0.25) is 0 Å². The molecule has 0 radical (unpaired) electrons. The lowest BCUT2D eigenvalue weighted by Gasteiger charge is -2.07. The first-order valence-corrected chi connectivity index (χ1v) is 5.51. The molecule has 0 saturated carbocycles. The lowest BCUT2D eigenvalue weighted by Crippen LogP contribution is -1.88. The van der Waals surface area contributed by atoms with Gasteiger partial charge in [-0.3, -0.25) is 4.98 Å². The Morgan fingerprint density at radius 1 is 0.875 bits per heavy atom. The van der Waals surface area contributed by atoms with E-state index < -0.39 is 0 Å². The van der Waals surface area contributed by atoms with Crippen molar-refractivity contribution in [3.05, 3.63) is 53.7 Å². The number of hydrogen-bond donors (Lipinski definition) is 0. The Balaban J connectivity index is 2.58. The molecule has 0 unspecified atom stereocenters. The van der Waals surface area contributed by atoms with Crippen LogP contribution in [0.1, 0.15) is 11.1 Å². The average molecular weight is 207 g/mol. The summed E-state index contributed by atoms with van der Waals surface area (Å²) in [6.07, 6.45) is 1.96. The molecule has 78 valence electrons. The maximum absolute atomic E-state index is 4.57. The van der Waals surface area contributed by atoms with Crippen molar-refractivity contribution in [1.82, 2.24) is 4.98 Å². The highest BCUT2D eigenvalue weighted by molar-refractivity contribution is 6.06. The van der Waals surface area contributed by atoms with Gasteiger partial charge >= 0.3 is 0 Å². The Morgan fingerprint density at radius 2 is 1.69 bits per heavy atom. The van der Waals surface area contributed by atoms with Gasteiger partial charge in [-0.15, -0.1) is 0 Å². The van der Waals surface area contributed by atoms with Crippen molar-refractivity contribution in [3.8, 4) is 0 Å². The van der Waals surface area contributed by atoms with E-state index in [0.717, 1.165) is 5.52 Å². The van der Waals surface area contributed by atoms with E-state index in [1.807, 2.05) is 6.20 Å². The summed E-state index contributed by atoms with van der Waals surface area (Å²) in [4.78, 5) is 4.57. The van der Waals surface area contributed by atoms with Crippen LogP contribution in [-0.2, 0) is 0 Å². The van der Waals surface area contributed by atoms with Crippen LogP contribution in [0, 0.1) is 13.8 Å². The number of aryl methyl sites for hydroxylation is 2. The van der Waals surface area contributed by atoms with Crippen molar-refractivity contribution < 1.29 is 0 Å². The summed E-state index contributed by atoms with van der Waals surface area (Å²) in [5, 5.41) is 3.76. The first-order chi connectivity index (χ1) is 7.77. The van der Waals surface area contributed by atoms with Gasteiger partial charge in [0.15, 0.2) is 0 Å². The minimum atomic E-state index is 1.11. The first kappa shape index (κ1) is 9.34. The third-order valence-corrected chi connectivity index (χ3v) is 3.28. The summed E-state index contributed by atoms with van der Waals surface area (Å²) in [6.45, 7) is 4.27. The lowest BCUT2D eigenvalue weighted by atomic mass is 10.0. The predicted octanol–water partition coefficient (Wildman–Crippen LogP) is 4.00. The highest BCUT2D eigenvalue weighted by Gasteiger charge is 2.04. The Kier molecular flexibility index (Phi) is 1.93. The topological polar surface area (TPSA) is 12.9 Å². The van der Waals surface area contributed by atoms with Crippen molar-refractivity contribution in [2.24, 2.45) is 0 Å². The SMILES string of the molecule is Cc1cnc2c(ccc3ccccc32)c1C. The number of hydrogen-bond acceptors (Lipinski definition) is 1. The molecule has 1 nitrogen and oxygen atoms in total. The molecule has 0 aliphatic rings. The number of rotatable bonds is 0. The molecule has 0 bridgehead atoms. The Labute approximate surface area is 94.7 Å². The molecule has 16 heavy (non-hydrogen) atoms. The minimum Gasteiger partial charge on any atom is -0.255 e.